The minimum Gasteiger partial charge on any atom is -0.493 e. The highest BCUT2D eigenvalue weighted by Crippen LogP contribution is 2.32. The molecule has 0 radical (unpaired) electrons. The van der Waals surface area contributed by atoms with Gasteiger partial charge in [-0.1, -0.05) is 0 Å². The van der Waals surface area contributed by atoms with E-state index in [2.05, 4.69) is 4.98 Å². The van der Waals surface area contributed by atoms with Gasteiger partial charge in [-0.2, -0.15) is 0 Å². The third-order valence-corrected chi connectivity index (χ3v) is 5.58. The van der Waals surface area contributed by atoms with Gasteiger partial charge in [-0.15, -0.1) is 11.3 Å². The minimum atomic E-state index is -3.41. The summed E-state index contributed by atoms with van der Waals surface area (Å²) in [5.74, 6) is 6.00. The van der Waals surface area contributed by atoms with E-state index in [4.69, 9.17) is 10.6 Å². The van der Waals surface area contributed by atoms with E-state index in [1.807, 2.05) is 0 Å². The second kappa shape index (κ2) is 6.50. The maximum absolute atomic E-state index is 12.8. The normalized spacial score (nSPS) is 14.3. The molecule has 3 rings (SSSR count). The summed E-state index contributed by atoms with van der Waals surface area (Å²) < 4.78 is 42.2. The van der Waals surface area contributed by atoms with Gasteiger partial charge in [0, 0.05) is 18.9 Å². The number of hydrazine groups is 1. The number of hydrogen-bond donors (Lipinski definition) is 1. The van der Waals surface area contributed by atoms with Gasteiger partial charge in [0.25, 0.3) is 0 Å². The van der Waals surface area contributed by atoms with Gasteiger partial charge >= 0.3 is 0 Å². The molecule has 0 aliphatic carbocycles. The summed E-state index contributed by atoms with van der Waals surface area (Å²) in [5, 5.41) is 2.11. The average Bonchev–Trinajstić information content (AvgIpc) is 2.90. The van der Waals surface area contributed by atoms with Crippen LogP contribution in [0.4, 0.5) is 4.39 Å². The fourth-order valence-corrected chi connectivity index (χ4v) is 4.27. The number of benzene rings is 1. The van der Waals surface area contributed by atoms with Crippen LogP contribution < -0.4 is 10.6 Å². The van der Waals surface area contributed by atoms with Crippen molar-refractivity contribution >= 4 is 26.1 Å². The molecule has 1 aliphatic rings. The Morgan fingerprint density at radius 1 is 1.38 bits per heavy atom. The molecule has 0 amide bonds. The lowest BCUT2D eigenvalue weighted by atomic mass is 10.3. The molecule has 9 heteroatoms. The van der Waals surface area contributed by atoms with Crippen LogP contribution in [0.15, 0.2) is 30.5 Å². The third kappa shape index (κ3) is 3.74. The molecule has 2 heterocycles. The standard InChI is InChI=1S/C15H16FN3O3S2/c1-24(20,21)13-9-19(17)8-12-15(13)18-14(23-12)6-7-22-11-4-2-10(16)3-5-11/h2-5,9H,6-8,17H2,1H3. The van der Waals surface area contributed by atoms with Crippen molar-refractivity contribution in [1.82, 2.24) is 9.99 Å². The van der Waals surface area contributed by atoms with Gasteiger partial charge in [0.2, 0.25) is 0 Å². The summed E-state index contributed by atoms with van der Waals surface area (Å²) in [6, 6.07) is 5.77. The number of nitrogens with zero attached hydrogens (tertiary/aromatic N) is 2. The molecule has 0 saturated heterocycles. The van der Waals surface area contributed by atoms with Gasteiger partial charge in [0.1, 0.15) is 16.5 Å². The molecule has 128 valence electrons. The Labute approximate surface area is 143 Å². The number of hydrogen-bond acceptors (Lipinski definition) is 7. The molecule has 1 aliphatic heterocycles. The van der Waals surface area contributed by atoms with Crippen LogP contribution >= 0.6 is 11.3 Å². The summed E-state index contributed by atoms with van der Waals surface area (Å²) in [4.78, 5) is 5.38. The minimum absolute atomic E-state index is 0.133. The quantitative estimate of drug-likeness (QED) is 0.811. The molecular weight excluding hydrogens is 353 g/mol. The largest absolute Gasteiger partial charge is 0.493 e. The van der Waals surface area contributed by atoms with Crippen molar-refractivity contribution in [1.29, 1.82) is 0 Å². The lowest BCUT2D eigenvalue weighted by Gasteiger charge is -2.20. The van der Waals surface area contributed by atoms with E-state index in [1.165, 1.54) is 34.7 Å². The number of thiazole rings is 1. The number of fused-ring (bicyclic) bond motifs is 1. The molecule has 6 nitrogen and oxygen atoms in total. The first-order valence-corrected chi connectivity index (χ1v) is 9.84. The summed E-state index contributed by atoms with van der Waals surface area (Å²) in [7, 11) is -3.41. The Bertz CT molecular complexity index is 876. The fourth-order valence-electron chi connectivity index (χ4n) is 2.29. The Morgan fingerprint density at radius 3 is 2.75 bits per heavy atom. The number of ether oxygens (including phenoxy) is 1. The summed E-state index contributed by atoms with van der Waals surface area (Å²) in [5.41, 5.74) is 0.473. The molecule has 0 atom stereocenters. The molecule has 24 heavy (non-hydrogen) atoms. The topological polar surface area (TPSA) is 85.5 Å². The van der Waals surface area contributed by atoms with E-state index >= 15 is 0 Å². The summed E-state index contributed by atoms with van der Waals surface area (Å²) in [6.07, 6.45) is 3.06. The third-order valence-electron chi connectivity index (χ3n) is 3.38. The number of halogens is 1. The van der Waals surface area contributed by atoms with Gasteiger partial charge in [-0.3, -0.25) is 0 Å². The zero-order valence-corrected chi connectivity index (χ0v) is 14.5. The molecule has 1 aromatic carbocycles. The van der Waals surface area contributed by atoms with E-state index in [1.54, 1.807) is 12.1 Å². The smallest absolute Gasteiger partial charge is 0.179 e. The van der Waals surface area contributed by atoms with Crippen LogP contribution in [0.25, 0.3) is 4.91 Å². The van der Waals surface area contributed by atoms with Crippen molar-refractivity contribution in [2.75, 3.05) is 12.9 Å². The van der Waals surface area contributed by atoms with Crippen LogP contribution in [0.2, 0.25) is 0 Å². The lowest BCUT2D eigenvalue weighted by Crippen LogP contribution is -2.28. The van der Waals surface area contributed by atoms with E-state index in [-0.39, 0.29) is 10.7 Å². The second-order valence-electron chi connectivity index (χ2n) is 5.37. The first-order chi connectivity index (χ1) is 11.3. The van der Waals surface area contributed by atoms with E-state index in [0.29, 0.717) is 31.0 Å². The Balaban J connectivity index is 1.71. The van der Waals surface area contributed by atoms with Crippen LogP contribution in [0.3, 0.4) is 0 Å². The van der Waals surface area contributed by atoms with Crippen LogP contribution in [-0.2, 0) is 22.8 Å². The van der Waals surface area contributed by atoms with E-state index in [0.717, 1.165) is 16.1 Å². The van der Waals surface area contributed by atoms with Gasteiger partial charge in [-0.25, -0.2) is 23.6 Å². The van der Waals surface area contributed by atoms with Crippen molar-refractivity contribution in [3.63, 3.8) is 0 Å². The monoisotopic (exact) mass is 369 g/mol. The van der Waals surface area contributed by atoms with Gasteiger partial charge in [0.15, 0.2) is 9.84 Å². The maximum atomic E-state index is 12.8. The number of sulfone groups is 1. The van der Waals surface area contributed by atoms with E-state index in [9.17, 15) is 12.8 Å². The molecular formula is C15H16FN3O3S2. The maximum Gasteiger partial charge on any atom is 0.179 e. The highest BCUT2D eigenvalue weighted by Gasteiger charge is 2.27. The van der Waals surface area contributed by atoms with Crippen molar-refractivity contribution in [2.24, 2.45) is 5.84 Å². The van der Waals surface area contributed by atoms with Crippen molar-refractivity contribution in [3.05, 3.63) is 51.9 Å². The number of nitrogens with two attached hydrogens (primary N) is 1. The Kier molecular flexibility index (Phi) is 4.57. The van der Waals surface area contributed by atoms with Crippen molar-refractivity contribution in [2.45, 2.75) is 13.0 Å². The molecule has 2 aromatic rings. The zero-order chi connectivity index (χ0) is 17.3. The SMILES string of the molecule is CS(=O)(=O)C1=CN(N)Cc2sc(CCOc3ccc(F)cc3)nc21. The molecule has 0 bridgehead atoms. The molecule has 0 unspecified atom stereocenters. The zero-order valence-electron chi connectivity index (χ0n) is 12.9. The number of rotatable bonds is 5. The summed E-state index contributed by atoms with van der Waals surface area (Å²) in [6.45, 7) is 0.785. The molecule has 2 N–H and O–H groups in total. The van der Waals surface area contributed by atoms with E-state index < -0.39 is 9.84 Å². The van der Waals surface area contributed by atoms with Crippen LogP contribution in [-0.4, -0.2) is 31.3 Å². The number of aromatic nitrogens is 1. The molecule has 0 saturated carbocycles. The first-order valence-electron chi connectivity index (χ1n) is 7.13. The molecule has 1 aromatic heterocycles. The van der Waals surface area contributed by atoms with Gasteiger partial charge < -0.3 is 9.75 Å². The fraction of sp³-hybridized carbons (Fsp3) is 0.267. The molecule has 0 fully saturated rings. The average molecular weight is 369 g/mol. The highest BCUT2D eigenvalue weighted by molar-refractivity contribution is 8.00. The first kappa shape index (κ1) is 16.9. The van der Waals surface area contributed by atoms with Gasteiger partial charge in [-0.05, 0) is 24.3 Å². The van der Waals surface area contributed by atoms with Crippen LogP contribution in [0.5, 0.6) is 5.75 Å². The highest BCUT2D eigenvalue weighted by atomic mass is 32.2. The summed E-state index contributed by atoms with van der Waals surface area (Å²) >= 11 is 1.42. The van der Waals surface area contributed by atoms with Crippen LogP contribution in [0, 0.1) is 5.82 Å². The predicted octanol–water partition coefficient (Wildman–Crippen LogP) is 1.94. The van der Waals surface area contributed by atoms with Crippen molar-refractivity contribution < 1.29 is 17.5 Å². The van der Waals surface area contributed by atoms with Crippen LogP contribution in [0.1, 0.15) is 15.6 Å². The van der Waals surface area contributed by atoms with Gasteiger partial charge in [0.05, 0.1) is 28.7 Å². The Hall–Kier alpha value is -1.97. The Morgan fingerprint density at radius 2 is 2.08 bits per heavy atom. The van der Waals surface area contributed by atoms with Crippen molar-refractivity contribution in [3.8, 4) is 5.75 Å². The predicted molar refractivity (Wildman–Crippen MR) is 90.3 cm³/mol. The molecule has 0 spiro atoms. The second-order valence-corrected chi connectivity index (χ2v) is 8.52. The lowest BCUT2D eigenvalue weighted by molar-refractivity contribution is 0.321.